The molecular weight excluding hydrogens is 312 g/mol. The predicted octanol–water partition coefficient (Wildman–Crippen LogP) is 4.70. The molecule has 2 aromatic carbocycles. The third-order valence-corrected chi connectivity index (χ3v) is 5.06. The number of aryl methyl sites for hydroxylation is 1. The Balaban J connectivity index is 1.86. The van der Waals surface area contributed by atoms with Crippen LogP contribution in [0.2, 0.25) is 0 Å². The predicted molar refractivity (Wildman–Crippen MR) is 99.3 cm³/mol. The molecule has 1 amide bonds. The second-order valence-electron chi connectivity index (χ2n) is 6.70. The summed E-state index contributed by atoms with van der Waals surface area (Å²) in [5.41, 5.74) is 2.09. The number of rotatable bonds is 1. The Labute approximate surface area is 146 Å². The molecule has 0 N–H and O–H groups in total. The average molecular weight is 334 g/mol. The molecule has 4 heteroatoms. The van der Waals surface area contributed by atoms with Crippen molar-refractivity contribution >= 4 is 27.9 Å². The molecule has 0 spiro atoms. The van der Waals surface area contributed by atoms with E-state index in [1.165, 1.54) is 6.42 Å². The topological polar surface area (TPSA) is 43.6 Å². The Morgan fingerprint density at radius 1 is 0.960 bits per heavy atom. The van der Waals surface area contributed by atoms with Crippen molar-refractivity contribution in [1.29, 1.82) is 0 Å². The van der Waals surface area contributed by atoms with E-state index in [0.717, 1.165) is 47.5 Å². The Morgan fingerprint density at radius 2 is 1.52 bits per heavy atom. The summed E-state index contributed by atoms with van der Waals surface area (Å²) in [6.45, 7) is 0. The maximum atomic E-state index is 12.5. The summed E-state index contributed by atoms with van der Waals surface area (Å²) >= 11 is 0. The molecule has 1 heterocycles. The molecule has 1 fully saturated rings. The quantitative estimate of drug-likeness (QED) is 0.605. The molecular formula is C21H22N2O2. The number of fused-ring (bicyclic) bond motifs is 2. The third-order valence-electron chi connectivity index (χ3n) is 5.06. The van der Waals surface area contributed by atoms with E-state index >= 15 is 0 Å². The Morgan fingerprint density at radius 3 is 2.12 bits per heavy atom. The van der Waals surface area contributed by atoms with Crippen LogP contribution in [0.1, 0.15) is 32.1 Å². The number of benzene rings is 2. The van der Waals surface area contributed by atoms with E-state index in [-0.39, 0.29) is 6.10 Å². The number of amides is 1. The summed E-state index contributed by atoms with van der Waals surface area (Å²) < 4.78 is 7.75. The Kier molecular flexibility index (Phi) is 4.26. The highest BCUT2D eigenvalue weighted by molar-refractivity contribution is 5.94. The fourth-order valence-corrected chi connectivity index (χ4v) is 3.77. The third kappa shape index (κ3) is 3.04. The zero-order chi connectivity index (χ0) is 17.2. The number of nitrogens with zero attached hydrogens (tertiary/aromatic N) is 2. The van der Waals surface area contributed by atoms with E-state index in [9.17, 15) is 4.79 Å². The lowest BCUT2D eigenvalue weighted by atomic mass is 9.98. The molecule has 0 saturated heterocycles. The van der Waals surface area contributed by atoms with Crippen molar-refractivity contribution in [2.24, 2.45) is 12.0 Å². The van der Waals surface area contributed by atoms with Gasteiger partial charge in [0.2, 0.25) is 0 Å². The van der Waals surface area contributed by atoms with Gasteiger partial charge in [0.15, 0.2) is 0 Å². The van der Waals surface area contributed by atoms with Crippen molar-refractivity contribution in [3.63, 3.8) is 0 Å². The van der Waals surface area contributed by atoms with Crippen LogP contribution in [0.25, 0.3) is 21.8 Å². The van der Waals surface area contributed by atoms with Gasteiger partial charge in [-0.1, -0.05) is 42.8 Å². The first-order valence-electron chi connectivity index (χ1n) is 8.96. The maximum Gasteiger partial charge on any atom is 0.434 e. The number of carbonyl (C=O) groups excluding carboxylic acids is 1. The van der Waals surface area contributed by atoms with Gasteiger partial charge in [0.1, 0.15) is 6.10 Å². The normalized spacial score (nSPS) is 15.4. The van der Waals surface area contributed by atoms with Gasteiger partial charge in [-0.2, -0.15) is 4.99 Å². The number of para-hydroxylation sites is 2. The standard InChI is InChI=1S/C21H22N2O2/c1-23-18-13-7-5-11-16(18)20(17-12-6-8-14-19(17)23)22-21(24)25-15-9-3-2-4-10-15/h5-8,11-15H,2-4,9-10H2,1H3. The van der Waals surface area contributed by atoms with Gasteiger partial charge in [0.05, 0.1) is 16.4 Å². The monoisotopic (exact) mass is 334 g/mol. The van der Waals surface area contributed by atoms with Crippen LogP contribution < -0.4 is 5.36 Å². The molecule has 0 aliphatic heterocycles. The molecule has 4 rings (SSSR count). The molecule has 0 radical (unpaired) electrons. The largest absolute Gasteiger partial charge is 0.445 e. The van der Waals surface area contributed by atoms with Crippen molar-refractivity contribution in [3.8, 4) is 0 Å². The second kappa shape index (κ2) is 6.71. The molecule has 0 bridgehead atoms. The van der Waals surface area contributed by atoms with Gasteiger partial charge in [-0.05, 0) is 37.8 Å². The van der Waals surface area contributed by atoms with Crippen molar-refractivity contribution in [3.05, 3.63) is 53.9 Å². The molecule has 1 aromatic heterocycles. The van der Waals surface area contributed by atoms with Crippen molar-refractivity contribution in [1.82, 2.24) is 4.57 Å². The molecule has 1 aliphatic carbocycles. The van der Waals surface area contributed by atoms with Crippen LogP contribution in [0.3, 0.4) is 0 Å². The van der Waals surface area contributed by atoms with Crippen LogP contribution >= 0.6 is 0 Å². The fraction of sp³-hybridized carbons (Fsp3) is 0.333. The molecule has 1 saturated carbocycles. The first kappa shape index (κ1) is 15.9. The molecule has 128 valence electrons. The molecule has 1 aliphatic rings. The molecule has 25 heavy (non-hydrogen) atoms. The van der Waals surface area contributed by atoms with Crippen molar-refractivity contribution in [2.45, 2.75) is 38.2 Å². The maximum absolute atomic E-state index is 12.5. The van der Waals surface area contributed by atoms with Crippen LogP contribution in [-0.2, 0) is 11.8 Å². The number of ether oxygens (including phenoxy) is 1. The van der Waals surface area contributed by atoms with Gasteiger partial charge < -0.3 is 9.30 Å². The van der Waals surface area contributed by atoms with Gasteiger partial charge in [-0.25, -0.2) is 4.79 Å². The van der Waals surface area contributed by atoms with E-state index in [2.05, 4.69) is 9.56 Å². The lowest BCUT2D eigenvalue weighted by Crippen LogP contribution is -2.21. The number of hydrogen-bond acceptors (Lipinski definition) is 2. The van der Waals surface area contributed by atoms with Gasteiger partial charge in [0.25, 0.3) is 0 Å². The molecule has 3 aromatic rings. The highest BCUT2D eigenvalue weighted by atomic mass is 16.6. The minimum absolute atomic E-state index is 0.0161. The van der Waals surface area contributed by atoms with E-state index in [1.54, 1.807) is 0 Å². The summed E-state index contributed by atoms with van der Waals surface area (Å²) in [4.78, 5) is 16.8. The molecule has 0 unspecified atom stereocenters. The van der Waals surface area contributed by atoms with E-state index in [0.29, 0.717) is 5.36 Å². The van der Waals surface area contributed by atoms with Crippen molar-refractivity contribution in [2.75, 3.05) is 0 Å². The van der Waals surface area contributed by atoms with Crippen molar-refractivity contribution < 1.29 is 9.53 Å². The van der Waals surface area contributed by atoms with Gasteiger partial charge in [0, 0.05) is 17.8 Å². The molecule has 0 atom stereocenters. The number of pyridine rings is 1. The summed E-state index contributed by atoms with van der Waals surface area (Å²) in [5.74, 6) is 0. The van der Waals surface area contributed by atoms with E-state index in [1.807, 2.05) is 55.6 Å². The highest BCUT2D eigenvalue weighted by Gasteiger charge is 2.17. The number of hydrogen-bond donors (Lipinski definition) is 0. The zero-order valence-electron chi connectivity index (χ0n) is 14.4. The van der Waals surface area contributed by atoms with E-state index < -0.39 is 6.09 Å². The molecule has 4 nitrogen and oxygen atoms in total. The lowest BCUT2D eigenvalue weighted by molar-refractivity contribution is 0.0827. The Hall–Kier alpha value is -2.62. The SMILES string of the molecule is Cn1c2ccccc2c(=NC(=O)OC2CCCCC2)c2ccccc21. The van der Waals surface area contributed by atoms with Gasteiger partial charge >= 0.3 is 6.09 Å². The zero-order valence-corrected chi connectivity index (χ0v) is 14.4. The Bertz CT molecular complexity index is 938. The first-order chi connectivity index (χ1) is 12.2. The van der Waals surface area contributed by atoms with Gasteiger partial charge in [-0.3, -0.25) is 0 Å². The minimum atomic E-state index is -0.476. The smallest absolute Gasteiger partial charge is 0.434 e. The van der Waals surface area contributed by atoms with Crippen LogP contribution in [0.15, 0.2) is 53.5 Å². The number of aromatic nitrogens is 1. The van der Waals surface area contributed by atoms with Crippen LogP contribution in [0, 0.1) is 0 Å². The van der Waals surface area contributed by atoms with Gasteiger partial charge in [-0.15, -0.1) is 0 Å². The second-order valence-corrected chi connectivity index (χ2v) is 6.70. The fourth-order valence-electron chi connectivity index (χ4n) is 3.77. The van der Waals surface area contributed by atoms with Crippen LogP contribution in [-0.4, -0.2) is 16.8 Å². The highest BCUT2D eigenvalue weighted by Crippen LogP contribution is 2.21. The minimum Gasteiger partial charge on any atom is -0.445 e. The summed E-state index contributed by atoms with van der Waals surface area (Å²) in [5, 5.41) is 2.62. The summed E-state index contributed by atoms with van der Waals surface area (Å²) in [7, 11) is 2.04. The number of carbonyl (C=O) groups is 1. The van der Waals surface area contributed by atoms with E-state index in [4.69, 9.17) is 4.74 Å². The van der Waals surface area contributed by atoms with Crippen LogP contribution in [0.5, 0.6) is 0 Å². The average Bonchev–Trinajstić information content (AvgIpc) is 2.66. The first-order valence-corrected chi connectivity index (χ1v) is 8.96. The lowest BCUT2D eigenvalue weighted by Gasteiger charge is -2.20. The van der Waals surface area contributed by atoms with Crippen LogP contribution in [0.4, 0.5) is 4.79 Å². The summed E-state index contributed by atoms with van der Waals surface area (Å²) in [6, 6.07) is 16.1. The summed E-state index contributed by atoms with van der Waals surface area (Å²) in [6.07, 6.45) is 4.93.